The van der Waals surface area contributed by atoms with E-state index in [0.717, 1.165) is 29.7 Å². The molecular formula is C28H29N3O2. The van der Waals surface area contributed by atoms with Gasteiger partial charge in [-0.15, -0.1) is 0 Å². The van der Waals surface area contributed by atoms with Crippen molar-refractivity contribution >= 4 is 34.3 Å². The van der Waals surface area contributed by atoms with Crippen LogP contribution in [0, 0.1) is 0 Å². The van der Waals surface area contributed by atoms with Crippen molar-refractivity contribution in [3.05, 3.63) is 95.1 Å². The molecule has 33 heavy (non-hydrogen) atoms. The Labute approximate surface area is 194 Å². The molecule has 5 nitrogen and oxygen atoms in total. The van der Waals surface area contributed by atoms with Gasteiger partial charge in [0.05, 0.1) is 11.3 Å². The molecule has 168 valence electrons. The number of amides is 1. The lowest BCUT2D eigenvalue weighted by molar-refractivity contribution is -0.110. The minimum atomic E-state index is -0.355. The molecule has 0 unspecified atom stereocenters. The Morgan fingerprint density at radius 1 is 0.939 bits per heavy atom. The lowest BCUT2D eigenvalue weighted by atomic mass is 9.86. The summed E-state index contributed by atoms with van der Waals surface area (Å²) in [4.78, 5) is 25.0. The first kappa shape index (κ1) is 22.5. The molecule has 0 aliphatic carbocycles. The second kappa shape index (κ2) is 9.04. The number of carbonyl (C=O) groups excluding carboxylic acids is 2. The van der Waals surface area contributed by atoms with Gasteiger partial charge in [0.1, 0.15) is 0 Å². The number of ketones is 1. The monoisotopic (exact) mass is 439 g/mol. The zero-order chi connectivity index (χ0) is 23.6. The minimum Gasteiger partial charge on any atom is -0.354 e. The average Bonchev–Trinajstić information content (AvgIpc) is 3.17. The van der Waals surface area contributed by atoms with Crippen LogP contribution in [-0.4, -0.2) is 11.7 Å². The Bertz CT molecular complexity index is 1220. The lowest BCUT2D eigenvalue weighted by Crippen LogP contribution is -2.34. The molecule has 0 spiro atoms. The highest BCUT2D eigenvalue weighted by Gasteiger charge is 2.29. The summed E-state index contributed by atoms with van der Waals surface area (Å²) in [5.41, 5.74) is 12.2. The van der Waals surface area contributed by atoms with E-state index in [0.29, 0.717) is 28.1 Å². The molecule has 1 aliphatic rings. The molecule has 0 atom stereocenters. The first-order chi connectivity index (χ1) is 15.9. The predicted octanol–water partition coefficient (Wildman–Crippen LogP) is 5.80. The average molecular weight is 440 g/mol. The number of rotatable bonds is 7. The van der Waals surface area contributed by atoms with Crippen molar-refractivity contribution in [1.82, 2.24) is 0 Å². The number of benzene rings is 3. The zero-order valence-corrected chi connectivity index (χ0v) is 19.2. The van der Waals surface area contributed by atoms with E-state index < -0.39 is 0 Å². The second-order valence-electron chi connectivity index (χ2n) is 8.45. The van der Waals surface area contributed by atoms with Crippen molar-refractivity contribution in [1.29, 1.82) is 0 Å². The molecule has 3 aromatic rings. The van der Waals surface area contributed by atoms with Gasteiger partial charge in [-0.05, 0) is 61.2 Å². The van der Waals surface area contributed by atoms with Gasteiger partial charge >= 0.3 is 0 Å². The number of nitrogens with two attached hydrogens (primary N) is 1. The first-order valence-electron chi connectivity index (χ1n) is 11.3. The molecule has 1 amide bonds. The number of nitrogens with one attached hydrogen (secondary N) is 2. The summed E-state index contributed by atoms with van der Waals surface area (Å²) in [6.07, 6.45) is 1.70. The van der Waals surface area contributed by atoms with Gasteiger partial charge in [0.25, 0.3) is 5.91 Å². The van der Waals surface area contributed by atoms with E-state index >= 15 is 0 Å². The van der Waals surface area contributed by atoms with Crippen LogP contribution < -0.4 is 16.4 Å². The summed E-state index contributed by atoms with van der Waals surface area (Å²) in [7, 11) is 0. The predicted molar refractivity (Wildman–Crippen MR) is 135 cm³/mol. The molecule has 0 saturated heterocycles. The summed E-state index contributed by atoms with van der Waals surface area (Å²) in [6.45, 7) is 5.72. The van der Waals surface area contributed by atoms with Crippen molar-refractivity contribution in [2.75, 3.05) is 10.6 Å². The standard InChI is InChI=1S/C28H29N3O2/c1-4-28(29,5-2)21-12-14-22(15-13-21)30-26(19-9-7-6-8-10-19)25-23-17-20(18(3)32)11-16-24(23)31-27(25)33/h6-17,30H,4-5,29H2,1-3H3,(H,31,33)/b26-25+. The summed E-state index contributed by atoms with van der Waals surface area (Å²) in [5, 5.41) is 6.39. The van der Waals surface area contributed by atoms with Gasteiger partial charge < -0.3 is 16.4 Å². The Kier molecular flexibility index (Phi) is 6.16. The van der Waals surface area contributed by atoms with Crippen molar-refractivity contribution < 1.29 is 9.59 Å². The Balaban J connectivity index is 1.82. The van der Waals surface area contributed by atoms with E-state index in [4.69, 9.17) is 5.73 Å². The van der Waals surface area contributed by atoms with Crippen LogP contribution in [0.1, 0.15) is 60.7 Å². The van der Waals surface area contributed by atoms with E-state index in [1.54, 1.807) is 18.2 Å². The van der Waals surface area contributed by atoms with Crippen LogP contribution >= 0.6 is 0 Å². The number of carbonyl (C=O) groups is 2. The van der Waals surface area contributed by atoms with E-state index in [-0.39, 0.29) is 17.2 Å². The molecule has 1 heterocycles. The summed E-state index contributed by atoms with van der Waals surface area (Å²) in [5.74, 6) is -0.245. The van der Waals surface area contributed by atoms with E-state index in [2.05, 4.69) is 24.5 Å². The molecule has 0 radical (unpaired) electrons. The van der Waals surface area contributed by atoms with Gasteiger partial charge in [-0.25, -0.2) is 0 Å². The van der Waals surface area contributed by atoms with Crippen LogP contribution in [0.15, 0.2) is 72.8 Å². The van der Waals surface area contributed by atoms with Crippen LogP contribution in [0.5, 0.6) is 0 Å². The maximum absolute atomic E-state index is 13.1. The van der Waals surface area contributed by atoms with Crippen LogP contribution in [0.2, 0.25) is 0 Å². The fourth-order valence-corrected chi connectivity index (χ4v) is 4.21. The smallest absolute Gasteiger partial charge is 0.258 e. The van der Waals surface area contributed by atoms with Gasteiger partial charge in [-0.2, -0.15) is 0 Å². The van der Waals surface area contributed by atoms with E-state index in [1.807, 2.05) is 54.6 Å². The van der Waals surface area contributed by atoms with Gasteiger partial charge in [0, 0.05) is 28.0 Å². The SMILES string of the molecule is CCC(N)(CC)c1ccc(N/C(=C2/C(=O)Nc3ccc(C(C)=O)cc32)c2ccccc2)cc1. The molecule has 0 saturated carbocycles. The topological polar surface area (TPSA) is 84.2 Å². The van der Waals surface area contributed by atoms with Crippen LogP contribution in [-0.2, 0) is 10.3 Å². The number of hydrogen-bond donors (Lipinski definition) is 3. The highest BCUT2D eigenvalue weighted by molar-refractivity contribution is 6.37. The van der Waals surface area contributed by atoms with E-state index in [1.165, 1.54) is 6.92 Å². The molecule has 3 aromatic carbocycles. The van der Waals surface area contributed by atoms with Gasteiger partial charge in [-0.1, -0.05) is 56.3 Å². The van der Waals surface area contributed by atoms with Gasteiger partial charge in [0.2, 0.25) is 0 Å². The minimum absolute atomic E-state index is 0.0431. The highest BCUT2D eigenvalue weighted by Crippen LogP contribution is 2.38. The highest BCUT2D eigenvalue weighted by atomic mass is 16.2. The van der Waals surface area contributed by atoms with Gasteiger partial charge in [-0.3, -0.25) is 9.59 Å². The zero-order valence-electron chi connectivity index (χ0n) is 19.2. The lowest BCUT2D eigenvalue weighted by Gasteiger charge is -2.27. The molecule has 0 bridgehead atoms. The molecule has 0 aromatic heterocycles. The fourth-order valence-electron chi connectivity index (χ4n) is 4.21. The Morgan fingerprint density at radius 3 is 2.21 bits per heavy atom. The number of Topliss-reactive ketones (excluding diaryl/α,β-unsaturated/α-hetero) is 1. The fraction of sp³-hybridized carbons (Fsp3) is 0.214. The Hall–Kier alpha value is -3.70. The molecule has 5 heteroatoms. The summed E-state index contributed by atoms with van der Waals surface area (Å²) in [6, 6.07) is 23.1. The third kappa shape index (κ3) is 4.32. The second-order valence-corrected chi connectivity index (χ2v) is 8.45. The van der Waals surface area contributed by atoms with Crippen molar-refractivity contribution in [2.45, 2.75) is 39.2 Å². The largest absolute Gasteiger partial charge is 0.354 e. The molecular weight excluding hydrogens is 410 g/mol. The van der Waals surface area contributed by atoms with Crippen LogP contribution in [0.25, 0.3) is 11.3 Å². The molecule has 4 N–H and O–H groups in total. The van der Waals surface area contributed by atoms with Crippen LogP contribution in [0.3, 0.4) is 0 Å². The third-order valence-corrected chi connectivity index (χ3v) is 6.47. The summed E-state index contributed by atoms with van der Waals surface area (Å²) >= 11 is 0. The van der Waals surface area contributed by atoms with Crippen molar-refractivity contribution in [2.24, 2.45) is 5.73 Å². The quantitative estimate of drug-likeness (QED) is 0.321. The number of fused-ring (bicyclic) bond motifs is 1. The van der Waals surface area contributed by atoms with Crippen LogP contribution in [0.4, 0.5) is 11.4 Å². The first-order valence-corrected chi connectivity index (χ1v) is 11.3. The normalized spacial score (nSPS) is 14.5. The molecule has 4 rings (SSSR count). The molecule has 0 fully saturated rings. The van der Waals surface area contributed by atoms with E-state index in [9.17, 15) is 9.59 Å². The van der Waals surface area contributed by atoms with Gasteiger partial charge in [0.15, 0.2) is 5.78 Å². The number of anilines is 2. The van der Waals surface area contributed by atoms with Crippen molar-refractivity contribution in [3.8, 4) is 0 Å². The molecule has 1 aliphatic heterocycles. The maximum Gasteiger partial charge on any atom is 0.258 e. The maximum atomic E-state index is 13.1. The summed E-state index contributed by atoms with van der Waals surface area (Å²) < 4.78 is 0. The van der Waals surface area contributed by atoms with Crippen molar-refractivity contribution in [3.63, 3.8) is 0 Å². The number of hydrogen-bond acceptors (Lipinski definition) is 4. The third-order valence-electron chi connectivity index (χ3n) is 6.47. The Morgan fingerprint density at radius 2 is 1.61 bits per heavy atom.